The van der Waals surface area contributed by atoms with Crippen LogP contribution in [-0.2, 0) is 0 Å². The number of piperazine rings is 1. The van der Waals surface area contributed by atoms with Crippen molar-refractivity contribution in [3.63, 3.8) is 0 Å². The van der Waals surface area contributed by atoms with Gasteiger partial charge in [0.1, 0.15) is 6.29 Å². The predicted molar refractivity (Wildman–Crippen MR) is 73.4 cm³/mol. The van der Waals surface area contributed by atoms with Crippen molar-refractivity contribution in [2.24, 2.45) is 0 Å². The zero-order valence-electron chi connectivity index (χ0n) is 10.9. The molecular formula is C15H20N2O. The summed E-state index contributed by atoms with van der Waals surface area (Å²) >= 11 is 0. The maximum atomic E-state index is 10.8. The molecule has 2 aliphatic rings. The lowest BCUT2D eigenvalue weighted by molar-refractivity contribution is 0.112. The molecular weight excluding hydrogens is 224 g/mol. The first-order valence-electron chi connectivity index (χ1n) is 6.83. The Morgan fingerprint density at radius 2 is 2.17 bits per heavy atom. The van der Waals surface area contributed by atoms with Crippen molar-refractivity contribution in [3.8, 4) is 0 Å². The molecule has 0 bridgehead atoms. The molecule has 1 unspecified atom stereocenters. The normalized spacial score (nSPS) is 24.1. The average Bonchev–Trinajstić information content (AvgIpc) is 2.85. The molecule has 3 nitrogen and oxygen atoms in total. The van der Waals surface area contributed by atoms with Gasteiger partial charge in [-0.3, -0.25) is 9.69 Å². The fraction of sp³-hybridized carbons (Fsp3) is 0.533. The van der Waals surface area contributed by atoms with Crippen molar-refractivity contribution in [1.29, 1.82) is 0 Å². The van der Waals surface area contributed by atoms with E-state index in [1.165, 1.54) is 37.2 Å². The van der Waals surface area contributed by atoms with E-state index in [2.05, 4.69) is 22.8 Å². The molecule has 3 heteroatoms. The highest BCUT2D eigenvalue weighted by molar-refractivity contribution is 5.77. The summed E-state index contributed by atoms with van der Waals surface area (Å²) in [4.78, 5) is 15.9. The molecule has 0 amide bonds. The number of aldehydes is 1. The minimum Gasteiger partial charge on any atom is -0.368 e. The summed E-state index contributed by atoms with van der Waals surface area (Å²) < 4.78 is 0. The second kappa shape index (κ2) is 4.73. The third-order valence-electron chi connectivity index (χ3n) is 4.28. The lowest BCUT2D eigenvalue weighted by Crippen LogP contribution is -2.50. The van der Waals surface area contributed by atoms with Gasteiger partial charge in [-0.2, -0.15) is 0 Å². The van der Waals surface area contributed by atoms with Crippen LogP contribution < -0.4 is 4.90 Å². The van der Waals surface area contributed by atoms with Crippen LogP contribution in [0.25, 0.3) is 0 Å². The summed E-state index contributed by atoms with van der Waals surface area (Å²) in [6.45, 7) is 6.81. The molecule has 0 saturated carbocycles. The van der Waals surface area contributed by atoms with Gasteiger partial charge >= 0.3 is 0 Å². The molecule has 2 aliphatic heterocycles. The van der Waals surface area contributed by atoms with Crippen LogP contribution in [-0.4, -0.2) is 43.4 Å². The first-order valence-corrected chi connectivity index (χ1v) is 6.83. The lowest BCUT2D eigenvalue weighted by Gasteiger charge is -2.39. The van der Waals surface area contributed by atoms with Gasteiger partial charge < -0.3 is 4.90 Å². The molecule has 0 spiro atoms. The van der Waals surface area contributed by atoms with Crippen molar-refractivity contribution in [2.75, 3.05) is 31.1 Å². The van der Waals surface area contributed by atoms with Crippen molar-refractivity contribution >= 4 is 12.0 Å². The monoisotopic (exact) mass is 244 g/mol. The van der Waals surface area contributed by atoms with Crippen LogP contribution in [0.1, 0.15) is 28.8 Å². The molecule has 1 aromatic carbocycles. The molecule has 96 valence electrons. The van der Waals surface area contributed by atoms with Crippen molar-refractivity contribution < 1.29 is 4.79 Å². The van der Waals surface area contributed by atoms with Gasteiger partial charge in [-0.05, 0) is 50.1 Å². The molecule has 1 atom stereocenters. The molecule has 18 heavy (non-hydrogen) atoms. The number of anilines is 1. The van der Waals surface area contributed by atoms with Crippen LogP contribution in [0.15, 0.2) is 18.2 Å². The summed E-state index contributed by atoms with van der Waals surface area (Å²) in [6, 6.07) is 6.76. The van der Waals surface area contributed by atoms with Crippen LogP contribution in [0.2, 0.25) is 0 Å². The van der Waals surface area contributed by atoms with Crippen LogP contribution in [0, 0.1) is 6.92 Å². The average molecular weight is 244 g/mol. The van der Waals surface area contributed by atoms with E-state index >= 15 is 0 Å². The van der Waals surface area contributed by atoms with E-state index in [0.29, 0.717) is 0 Å². The van der Waals surface area contributed by atoms with Gasteiger partial charge in [-0.1, -0.05) is 0 Å². The van der Waals surface area contributed by atoms with Crippen LogP contribution in [0.5, 0.6) is 0 Å². The molecule has 2 saturated heterocycles. The van der Waals surface area contributed by atoms with Gasteiger partial charge in [0.05, 0.1) is 0 Å². The number of hydrogen-bond donors (Lipinski definition) is 0. The fourth-order valence-corrected chi connectivity index (χ4v) is 3.32. The third-order valence-corrected chi connectivity index (χ3v) is 4.28. The van der Waals surface area contributed by atoms with Gasteiger partial charge in [0, 0.05) is 36.9 Å². The minimum absolute atomic E-state index is 0.740. The SMILES string of the molecule is Cc1cc(C=O)ccc1N1CCN2CCCC2C1. The third kappa shape index (κ3) is 2.03. The number of aryl methyl sites for hydroxylation is 1. The fourth-order valence-electron chi connectivity index (χ4n) is 3.32. The summed E-state index contributed by atoms with van der Waals surface area (Å²) in [7, 11) is 0. The maximum Gasteiger partial charge on any atom is 0.150 e. The van der Waals surface area contributed by atoms with Gasteiger partial charge in [0.25, 0.3) is 0 Å². The Labute approximate surface area is 108 Å². The number of nitrogens with zero attached hydrogens (tertiary/aromatic N) is 2. The second-order valence-corrected chi connectivity index (χ2v) is 5.44. The maximum absolute atomic E-state index is 10.8. The van der Waals surface area contributed by atoms with Crippen molar-refractivity contribution in [1.82, 2.24) is 4.90 Å². The zero-order valence-corrected chi connectivity index (χ0v) is 10.9. The molecule has 2 heterocycles. The highest BCUT2D eigenvalue weighted by atomic mass is 16.1. The minimum atomic E-state index is 0.740. The molecule has 3 rings (SSSR count). The molecule has 0 N–H and O–H groups in total. The topological polar surface area (TPSA) is 23.6 Å². The summed E-state index contributed by atoms with van der Waals surface area (Å²) in [6.07, 6.45) is 3.61. The Morgan fingerprint density at radius 1 is 1.28 bits per heavy atom. The second-order valence-electron chi connectivity index (χ2n) is 5.44. The Morgan fingerprint density at radius 3 is 2.94 bits per heavy atom. The molecule has 2 fully saturated rings. The summed E-state index contributed by atoms with van der Waals surface area (Å²) in [5.74, 6) is 0. The van der Waals surface area contributed by atoms with Crippen LogP contribution >= 0.6 is 0 Å². The van der Waals surface area contributed by atoms with Crippen LogP contribution in [0.3, 0.4) is 0 Å². The number of carbonyl (C=O) groups is 1. The Bertz CT molecular complexity index is 458. The van der Waals surface area contributed by atoms with E-state index in [1.54, 1.807) is 0 Å². The molecule has 1 aromatic rings. The largest absolute Gasteiger partial charge is 0.368 e. The number of hydrogen-bond acceptors (Lipinski definition) is 3. The first kappa shape index (κ1) is 11.7. The summed E-state index contributed by atoms with van der Waals surface area (Å²) in [5.41, 5.74) is 3.29. The Balaban J connectivity index is 1.80. The molecule has 0 aromatic heterocycles. The number of fused-ring (bicyclic) bond motifs is 1. The van der Waals surface area contributed by atoms with E-state index in [-0.39, 0.29) is 0 Å². The van der Waals surface area contributed by atoms with E-state index in [9.17, 15) is 4.79 Å². The predicted octanol–water partition coefficient (Wildman–Crippen LogP) is 2.09. The highest BCUT2D eigenvalue weighted by Gasteiger charge is 2.30. The van der Waals surface area contributed by atoms with E-state index in [4.69, 9.17) is 0 Å². The number of rotatable bonds is 2. The molecule has 0 radical (unpaired) electrons. The lowest BCUT2D eigenvalue weighted by atomic mass is 10.1. The number of carbonyl (C=O) groups excluding carboxylic acids is 1. The first-order chi connectivity index (χ1) is 8.78. The van der Waals surface area contributed by atoms with E-state index < -0.39 is 0 Å². The van der Waals surface area contributed by atoms with Crippen LogP contribution in [0.4, 0.5) is 5.69 Å². The quantitative estimate of drug-likeness (QED) is 0.744. The Kier molecular flexibility index (Phi) is 3.08. The highest BCUT2D eigenvalue weighted by Crippen LogP contribution is 2.27. The summed E-state index contributed by atoms with van der Waals surface area (Å²) in [5, 5.41) is 0. The Hall–Kier alpha value is -1.35. The number of benzene rings is 1. The smallest absolute Gasteiger partial charge is 0.150 e. The van der Waals surface area contributed by atoms with Gasteiger partial charge in [-0.15, -0.1) is 0 Å². The van der Waals surface area contributed by atoms with E-state index in [1.807, 2.05) is 12.1 Å². The van der Waals surface area contributed by atoms with Gasteiger partial charge in [0.15, 0.2) is 0 Å². The van der Waals surface area contributed by atoms with Crippen molar-refractivity contribution in [3.05, 3.63) is 29.3 Å². The van der Waals surface area contributed by atoms with Gasteiger partial charge in [0.2, 0.25) is 0 Å². The standard InChI is InChI=1S/C15H20N2O/c1-12-9-13(11-18)4-5-15(12)17-8-7-16-6-2-3-14(16)10-17/h4-5,9,11,14H,2-3,6-8,10H2,1H3. The van der Waals surface area contributed by atoms with Gasteiger partial charge in [-0.25, -0.2) is 0 Å². The van der Waals surface area contributed by atoms with Crippen molar-refractivity contribution in [2.45, 2.75) is 25.8 Å². The molecule has 0 aliphatic carbocycles. The van der Waals surface area contributed by atoms with E-state index in [0.717, 1.165) is 31.0 Å². The zero-order chi connectivity index (χ0) is 12.5.